The van der Waals surface area contributed by atoms with Crippen LogP contribution in [0.25, 0.3) is 0 Å². The lowest BCUT2D eigenvalue weighted by atomic mass is 10.1. The van der Waals surface area contributed by atoms with Gasteiger partial charge in [0, 0.05) is 37.1 Å². The Balaban J connectivity index is 1.41. The fourth-order valence-electron chi connectivity index (χ4n) is 3.09. The lowest BCUT2D eigenvalue weighted by Gasteiger charge is -2.25. The molecule has 1 atom stereocenters. The number of aryl methyl sites for hydroxylation is 1. The van der Waals surface area contributed by atoms with E-state index in [4.69, 9.17) is 4.42 Å². The molecule has 0 saturated carbocycles. The van der Waals surface area contributed by atoms with Gasteiger partial charge in [-0.3, -0.25) is 9.48 Å². The van der Waals surface area contributed by atoms with Gasteiger partial charge in [-0.25, -0.2) is 0 Å². The van der Waals surface area contributed by atoms with Crippen LogP contribution in [0.5, 0.6) is 0 Å². The second-order valence-corrected chi connectivity index (χ2v) is 8.44. The molecule has 0 unspecified atom stereocenters. The maximum Gasteiger partial charge on any atom is 0.276 e. The molecule has 0 spiro atoms. The first-order valence-electron chi connectivity index (χ1n) is 9.55. The topological polar surface area (TPSA) is 67.4 Å². The van der Waals surface area contributed by atoms with Crippen molar-refractivity contribution in [2.75, 3.05) is 44.7 Å². The first-order valence-corrected chi connectivity index (χ1v) is 10.7. The zero-order valence-electron chi connectivity index (χ0n) is 16.4. The van der Waals surface area contributed by atoms with E-state index >= 15 is 0 Å². The van der Waals surface area contributed by atoms with Gasteiger partial charge in [0.15, 0.2) is 5.69 Å². The van der Waals surface area contributed by atoms with Gasteiger partial charge in [0.05, 0.1) is 12.7 Å². The number of carbonyl (C=O) groups excluding carboxylic acids is 1. The van der Waals surface area contributed by atoms with Crippen molar-refractivity contribution in [1.82, 2.24) is 24.8 Å². The molecule has 0 N–H and O–H groups in total. The highest BCUT2D eigenvalue weighted by Gasteiger charge is 2.21. The molecule has 1 amide bonds. The number of hydrogen-bond acceptors (Lipinski definition) is 6. The highest BCUT2D eigenvalue weighted by molar-refractivity contribution is 7.99. The molecule has 0 aliphatic carbocycles. The summed E-state index contributed by atoms with van der Waals surface area (Å²) in [5, 5.41) is 8.19. The third-order valence-corrected chi connectivity index (χ3v) is 5.90. The van der Waals surface area contributed by atoms with Crippen molar-refractivity contribution in [2.45, 2.75) is 32.7 Å². The van der Waals surface area contributed by atoms with Crippen LogP contribution in [-0.2, 0) is 6.54 Å². The van der Waals surface area contributed by atoms with E-state index in [0.717, 1.165) is 62.2 Å². The number of carbonyl (C=O) groups is 1. The summed E-state index contributed by atoms with van der Waals surface area (Å²) in [5.74, 6) is 4.42. The van der Waals surface area contributed by atoms with Crippen LogP contribution in [0.1, 0.15) is 41.3 Å². The van der Waals surface area contributed by atoms with Crippen LogP contribution in [0.15, 0.2) is 22.7 Å². The normalized spacial score (nSPS) is 16.1. The number of furan rings is 1. The first-order chi connectivity index (χ1) is 13.0. The van der Waals surface area contributed by atoms with E-state index < -0.39 is 0 Å². The van der Waals surface area contributed by atoms with E-state index in [1.807, 2.05) is 29.7 Å². The van der Waals surface area contributed by atoms with Gasteiger partial charge in [-0.2, -0.15) is 11.8 Å². The van der Waals surface area contributed by atoms with E-state index in [0.29, 0.717) is 11.6 Å². The monoisotopic (exact) mass is 391 g/mol. The molecule has 148 valence electrons. The molecule has 1 fully saturated rings. The molecule has 7 nitrogen and oxygen atoms in total. The summed E-state index contributed by atoms with van der Waals surface area (Å²) >= 11 is 1.89. The summed E-state index contributed by atoms with van der Waals surface area (Å²) in [6, 6.07) is 4.08. The fourth-order valence-corrected chi connectivity index (χ4v) is 4.00. The molecule has 8 heteroatoms. The average Bonchev–Trinajstić information content (AvgIpc) is 3.33. The largest absolute Gasteiger partial charge is 0.466 e. The number of amides is 1. The lowest BCUT2D eigenvalue weighted by Crippen LogP contribution is -2.38. The second kappa shape index (κ2) is 9.41. The SMILES string of the molecule is Cc1ccc([C@H](C)CCN(C)CCn2cc(C(=O)N3CCSCC3)nn2)o1. The summed E-state index contributed by atoms with van der Waals surface area (Å²) in [4.78, 5) is 16.6. The summed E-state index contributed by atoms with van der Waals surface area (Å²) < 4.78 is 7.47. The molecule has 2 aromatic heterocycles. The van der Waals surface area contributed by atoms with Gasteiger partial charge in [-0.15, -0.1) is 5.10 Å². The molecule has 2 aromatic rings. The standard InChI is InChI=1S/C19H29N5O2S/c1-15(18-5-4-16(2)26-18)6-7-22(3)8-9-24-14-17(20-21-24)19(25)23-10-12-27-13-11-23/h4-5,14-15H,6-13H2,1-3H3/t15-/m1/s1. The Morgan fingerprint density at radius 2 is 2.11 bits per heavy atom. The number of hydrogen-bond donors (Lipinski definition) is 0. The molecule has 1 saturated heterocycles. The average molecular weight is 392 g/mol. The summed E-state index contributed by atoms with van der Waals surface area (Å²) in [7, 11) is 2.11. The van der Waals surface area contributed by atoms with Gasteiger partial charge >= 0.3 is 0 Å². The quantitative estimate of drug-likeness (QED) is 0.689. The van der Waals surface area contributed by atoms with E-state index in [2.05, 4.69) is 35.2 Å². The van der Waals surface area contributed by atoms with Crippen LogP contribution in [0.2, 0.25) is 0 Å². The minimum Gasteiger partial charge on any atom is -0.466 e. The predicted octanol–water partition coefficient (Wildman–Crippen LogP) is 2.49. The Morgan fingerprint density at radius 3 is 2.81 bits per heavy atom. The molecular weight excluding hydrogens is 362 g/mol. The lowest BCUT2D eigenvalue weighted by molar-refractivity contribution is 0.0766. The zero-order chi connectivity index (χ0) is 19.2. The van der Waals surface area contributed by atoms with Crippen molar-refractivity contribution < 1.29 is 9.21 Å². The number of rotatable bonds is 8. The van der Waals surface area contributed by atoms with Crippen LogP contribution in [0.3, 0.4) is 0 Å². The van der Waals surface area contributed by atoms with Crippen molar-refractivity contribution in [3.05, 3.63) is 35.5 Å². The van der Waals surface area contributed by atoms with Gasteiger partial charge < -0.3 is 14.2 Å². The Kier molecular flexibility index (Phi) is 6.95. The molecule has 1 aliphatic heterocycles. The molecule has 1 aliphatic rings. The zero-order valence-corrected chi connectivity index (χ0v) is 17.2. The van der Waals surface area contributed by atoms with Gasteiger partial charge in [0.2, 0.25) is 0 Å². The molecule has 3 heterocycles. The number of aromatic nitrogens is 3. The first kappa shape index (κ1) is 19.9. The number of nitrogens with zero attached hydrogens (tertiary/aromatic N) is 5. The number of likely N-dealkylation sites (N-methyl/N-ethyl adjacent to an activating group) is 1. The molecule has 27 heavy (non-hydrogen) atoms. The second-order valence-electron chi connectivity index (χ2n) is 7.21. The predicted molar refractivity (Wildman–Crippen MR) is 107 cm³/mol. The van der Waals surface area contributed by atoms with Gasteiger partial charge in [0.1, 0.15) is 11.5 Å². The number of thioether (sulfide) groups is 1. The molecule has 0 aromatic carbocycles. The minimum absolute atomic E-state index is 0.00234. The van der Waals surface area contributed by atoms with Crippen molar-refractivity contribution in [3.63, 3.8) is 0 Å². The van der Waals surface area contributed by atoms with Crippen LogP contribution in [-0.4, -0.2) is 75.4 Å². The van der Waals surface area contributed by atoms with Crippen molar-refractivity contribution >= 4 is 17.7 Å². The van der Waals surface area contributed by atoms with Gasteiger partial charge in [0.25, 0.3) is 5.91 Å². The summed E-state index contributed by atoms with van der Waals surface area (Å²) in [6.45, 7) is 8.33. The maximum atomic E-state index is 12.4. The Hall–Kier alpha value is -1.80. The van der Waals surface area contributed by atoms with E-state index in [1.54, 1.807) is 10.9 Å². The van der Waals surface area contributed by atoms with Crippen LogP contribution < -0.4 is 0 Å². The molecule has 0 bridgehead atoms. The van der Waals surface area contributed by atoms with Gasteiger partial charge in [-0.05, 0) is 39.1 Å². The van der Waals surface area contributed by atoms with Gasteiger partial charge in [-0.1, -0.05) is 12.1 Å². The van der Waals surface area contributed by atoms with Crippen LogP contribution in [0.4, 0.5) is 0 Å². The minimum atomic E-state index is -0.00234. The molecule has 0 radical (unpaired) electrons. The Morgan fingerprint density at radius 1 is 1.33 bits per heavy atom. The summed E-state index contributed by atoms with van der Waals surface area (Å²) in [5.41, 5.74) is 0.450. The Labute approximate surface area is 165 Å². The fraction of sp³-hybridized carbons (Fsp3) is 0.632. The van der Waals surface area contributed by atoms with Crippen LogP contribution >= 0.6 is 11.8 Å². The van der Waals surface area contributed by atoms with E-state index in [9.17, 15) is 4.79 Å². The Bertz CT molecular complexity index is 738. The van der Waals surface area contributed by atoms with Crippen molar-refractivity contribution in [1.29, 1.82) is 0 Å². The van der Waals surface area contributed by atoms with Crippen LogP contribution in [0, 0.1) is 6.92 Å². The maximum absolute atomic E-state index is 12.4. The molecular formula is C19H29N5O2S. The smallest absolute Gasteiger partial charge is 0.276 e. The van der Waals surface area contributed by atoms with Crippen molar-refractivity contribution in [2.24, 2.45) is 0 Å². The highest BCUT2D eigenvalue weighted by Crippen LogP contribution is 2.21. The highest BCUT2D eigenvalue weighted by atomic mass is 32.2. The molecule has 3 rings (SSSR count). The summed E-state index contributed by atoms with van der Waals surface area (Å²) in [6.07, 6.45) is 2.81. The van der Waals surface area contributed by atoms with Crippen molar-refractivity contribution in [3.8, 4) is 0 Å². The third kappa shape index (κ3) is 5.59. The van der Waals surface area contributed by atoms with E-state index in [1.165, 1.54) is 0 Å². The van der Waals surface area contributed by atoms with E-state index in [-0.39, 0.29) is 5.91 Å². The third-order valence-electron chi connectivity index (χ3n) is 4.96.